The molecule has 20 heavy (non-hydrogen) atoms. The molecule has 0 radical (unpaired) electrons. The van der Waals surface area contributed by atoms with Crippen LogP contribution < -0.4 is 14.8 Å². The standard InChI is InChI=1S/C16H21NO2S/c1-3-5-17-10-16-11(4-2)12-8-13-14(9-15(12)20-16)19-7-6-18-13/h8-9,17H,3-7,10H2,1-2H3. The maximum atomic E-state index is 5.70. The summed E-state index contributed by atoms with van der Waals surface area (Å²) in [6.07, 6.45) is 2.23. The number of hydrogen-bond donors (Lipinski definition) is 1. The smallest absolute Gasteiger partial charge is 0.162 e. The summed E-state index contributed by atoms with van der Waals surface area (Å²) < 4.78 is 12.7. The molecule has 2 heterocycles. The highest BCUT2D eigenvalue weighted by Crippen LogP contribution is 2.40. The summed E-state index contributed by atoms with van der Waals surface area (Å²) in [6, 6.07) is 4.29. The Labute approximate surface area is 123 Å². The Hall–Kier alpha value is -1.26. The van der Waals surface area contributed by atoms with Crippen molar-refractivity contribution in [2.24, 2.45) is 0 Å². The number of aryl methyl sites for hydroxylation is 1. The van der Waals surface area contributed by atoms with Gasteiger partial charge in [-0.2, -0.15) is 0 Å². The largest absolute Gasteiger partial charge is 0.486 e. The van der Waals surface area contributed by atoms with Gasteiger partial charge in [-0.15, -0.1) is 11.3 Å². The average Bonchev–Trinajstić information content (AvgIpc) is 2.81. The van der Waals surface area contributed by atoms with Gasteiger partial charge in [-0.1, -0.05) is 13.8 Å². The molecule has 4 heteroatoms. The summed E-state index contributed by atoms with van der Waals surface area (Å²) in [7, 11) is 0. The predicted octanol–water partition coefficient (Wildman–Crippen LogP) is 3.73. The molecule has 3 rings (SSSR count). The van der Waals surface area contributed by atoms with E-state index in [4.69, 9.17) is 9.47 Å². The van der Waals surface area contributed by atoms with Crippen LogP contribution in [-0.2, 0) is 13.0 Å². The molecule has 0 unspecified atom stereocenters. The molecule has 0 amide bonds. The van der Waals surface area contributed by atoms with Gasteiger partial charge in [-0.3, -0.25) is 0 Å². The average molecular weight is 291 g/mol. The molecule has 1 aromatic heterocycles. The summed E-state index contributed by atoms with van der Waals surface area (Å²) in [6.45, 7) is 7.75. The Balaban J connectivity index is 1.99. The van der Waals surface area contributed by atoms with E-state index in [1.165, 1.54) is 26.9 Å². The molecule has 108 valence electrons. The van der Waals surface area contributed by atoms with E-state index in [-0.39, 0.29) is 0 Å². The third kappa shape index (κ3) is 2.50. The van der Waals surface area contributed by atoms with Crippen molar-refractivity contribution >= 4 is 21.4 Å². The molecular formula is C16H21NO2S. The summed E-state index contributed by atoms with van der Waals surface area (Å²) in [5, 5.41) is 4.83. The fraction of sp³-hybridized carbons (Fsp3) is 0.500. The lowest BCUT2D eigenvalue weighted by Gasteiger charge is -2.18. The van der Waals surface area contributed by atoms with Crippen molar-refractivity contribution in [3.05, 3.63) is 22.6 Å². The van der Waals surface area contributed by atoms with Gasteiger partial charge in [0.2, 0.25) is 0 Å². The number of hydrogen-bond acceptors (Lipinski definition) is 4. The first-order valence-corrected chi connectivity index (χ1v) is 8.19. The second-order valence-electron chi connectivity index (χ2n) is 5.03. The Morgan fingerprint density at radius 2 is 1.90 bits per heavy atom. The highest BCUT2D eigenvalue weighted by Gasteiger charge is 2.17. The van der Waals surface area contributed by atoms with Gasteiger partial charge in [0.15, 0.2) is 11.5 Å². The molecule has 0 saturated heterocycles. The van der Waals surface area contributed by atoms with Gasteiger partial charge in [0.05, 0.1) is 0 Å². The molecule has 0 spiro atoms. The first-order valence-electron chi connectivity index (χ1n) is 7.38. The van der Waals surface area contributed by atoms with E-state index in [1.807, 2.05) is 11.3 Å². The van der Waals surface area contributed by atoms with Crippen molar-refractivity contribution in [1.82, 2.24) is 5.32 Å². The van der Waals surface area contributed by atoms with E-state index in [0.29, 0.717) is 13.2 Å². The zero-order valence-corrected chi connectivity index (χ0v) is 12.9. The van der Waals surface area contributed by atoms with Crippen LogP contribution in [0.5, 0.6) is 11.5 Å². The number of fused-ring (bicyclic) bond motifs is 2. The normalized spacial score (nSPS) is 13.9. The molecule has 1 aliphatic heterocycles. The molecular weight excluding hydrogens is 270 g/mol. The molecule has 0 fully saturated rings. The van der Waals surface area contributed by atoms with Gasteiger partial charge in [0.1, 0.15) is 13.2 Å². The minimum Gasteiger partial charge on any atom is -0.486 e. The van der Waals surface area contributed by atoms with Crippen molar-refractivity contribution in [3.8, 4) is 11.5 Å². The Morgan fingerprint density at radius 1 is 1.15 bits per heavy atom. The monoisotopic (exact) mass is 291 g/mol. The molecule has 0 saturated carbocycles. The van der Waals surface area contributed by atoms with Crippen LogP contribution in [0.15, 0.2) is 12.1 Å². The molecule has 2 aromatic rings. The zero-order chi connectivity index (χ0) is 13.9. The fourth-order valence-corrected chi connectivity index (χ4v) is 3.92. The molecule has 0 bridgehead atoms. The van der Waals surface area contributed by atoms with Gasteiger partial charge < -0.3 is 14.8 Å². The summed E-state index contributed by atoms with van der Waals surface area (Å²) in [5.41, 5.74) is 1.45. The highest BCUT2D eigenvalue weighted by atomic mass is 32.1. The first kappa shape index (κ1) is 13.7. The van der Waals surface area contributed by atoms with Gasteiger partial charge in [-0.05, 0) is 36.4 Å². The van der Waals surface area contributed by atoms with Crippen LogP contribution in [0.2, 0.25) is 0 Å². The van der Waals surface area contributed by atoms with Crippen LogP contribution in [0.25, 0.3) is 10.1 Å². The number of rotatable bonds is 5. The lowest BCUT2D eigenvalue weighted by atomic mass is 10.1. The minimum atomic E-state index is 0.648. The van der Waals surface area contributed by atoms with E-state index in [9.17, 15) is 0 Å². The van der Waals surface area contributed by atoms with Crippen molar-refractivity contribution in [2.75, 3.05) is 19.8 Å². The van der Waals surface area contributed by atoms with Crippen LogP contribution in [-0.4, -0.2) is 19.8 Å². The van der Waals surface area contributed by atoms with Crippen LogP contribution in [0.3, 0.4) is 0 Å². The van der Waals surface area contributed by atoms with Gasteiger partial charge >= 0.3 is 0 Å². The minimum absolute atomic E-state index is 0.648. The predicted molar refractivity (Wildman–Crippen MR) is 84.2 cm³/mol. The summed E-state index contributed by atoms with van der Waals surface area (Å²) in [5.74, 6) is 1.78. The van der Waals surface area contributed by atoms with E-state index < -0.39 is 0 Å². The van der Waals surface area contributed by atoms with Gasteiger partial charge in [0.25, 0.3) is 0 Å². The van der Waals surface area contributed by atoms with Crippen LogP contribution in [0.1, 0.15) is 30.7 Å². The Kier molecular flexibility index (Phi) is 4.13. The third-order valence-electron chi connectivity index (χ3n) is 3.61. The Bertz CT molecular complexity index is 606. The summed E-state index contributed by atoms with van der Waals surface area (Å²) in [4.78, 5) is 1.44. The van der Waals surface area contributed by atoms with E-state index in [1.54, 1.807) is 0 Å². The van der Waals surface area contributed by atoms with Crippen molar-refractivity contribution in [1.29, 1.82) is 0 Å². The number of thiophene rings is 1. The second kappa shape index (κ2) is 6.02. The number of benzene rings is 1. The SMILES string of the molecule is CCCNCc1sc2cc3c(cc2c1CC)OCCO3. The lowest BCUT2D eigenvalue weighted by molar-refractivity contribution is 0.172. The number of ether oxygens (including phenoxy) is 2. The Morgan fingerprint density at radius 3 is 2.60 bits per heavy atom. The van der Waals surface area contributed by atoms with Crippen LogP contribution in [0.4, 0.5) is 0 Å². The van der Waals surface area contributed by atoms with E-state index in [2.05, 4.69) is 31.3 Å². The maximum absolute atomic E-state index is 5.70. The fourth-order valence-electron chi connectivity index (χ4n) is 2.64. The first-order chi connectivity index (χ1) is 9.83. The number of nitrogens with one attached hydrogen (secondary N) is 1. The van der Waals surface area contributed by atoms with E-state index >= 15 is 0 Å². The van der Waals surface area contributed by atoms with Crippen molar-refractivity contribution in [3.63, 3.8) is 0 Å². The van der Waals surface area contributed by atoms with Crippen LogP contribution in [0, 0.1) is 0 Å². The third-order valence-corrected chi connectivity index (χ3v) is 4.80. The summed E-state index contributed by atoms with van der Waals surface area (Å²) >= 11 is 1.87. The molecule has 1 aromatic carbocycles. The van der Waals surface area contributed by atoms with Gasteiger partial charge in [0, 0.05) is 22.2 Å². The molecule has 0 atom stereocenters. The van der Waals surface area contributed by atoms with E-state index in [0.717, 1.165) is 31.0 Å². The molecule has 1 N–H and O–H groups in total. The second-order valence-corrected chi connectivity index (χ2v) is 6.16. The maximum Gasteiger partial charge on any atom is 0.162 e. The molecule has 3 nitrogen and oxygen atoms in total. The van der Waals surface area contributed by atoms with Crippen molar-refractivity contribution < 1.29 is 9.47 Å². The zero-order valence-electron chi connectivity index (χ0n) is 12.1. The van der Waals surface area contributed by atoms with Crippen LogP contribution >= 0.6 is 11.3 Å². The van der Waals surface area contributed by atoms with Gasteiger partial charge in [-0.25, -0.2) is 0 Å². The molecule has 1 aliphatic rings. The topological polar surface area (TPSA) is 30.5 Å². The lowest BCUT2D eigenvalue weighted by Crippen LogP contribution is -2.15. The van der Waals surface area contributed by atoms with Crippen molar-refractivity contribution in [2.45, 2.75) is 33.2 Å². The molecule has 0 aliphatic carbocycles. The quantitative estimate of drug-likeness (QED) is 0.851. The highest BCUT2D eigenvalue weighted by molar-refractivity contribution is 7.19.